The molecule has 0 bridgehead atoms. The van der Waals surface area contributed by atoms with Crippen molar-refractivity contribution in [3.63, 3.8) is 0 Å². The van der Waals surface area contributed by atoms with Gasteiger partial charge in [0.2, 0.25) is 11.5 Å². The van der Waals surface area contributed by atoms with Gasteiger partial charge in [-0.2, -0.15) is 0 Å². The number of carbonyl (C=O) groups is 1. The summed E-state index contributed by atoms with van der Waals surface area (Å²) >= 11 is 0. The molecule has 0 unspecified atom stereocenters. The zero-order chi connectivity index (χ0) is 19.4. The molecule has 2 rings (SSSR count). The molecule has 0 saturated heterocycles. The number of carboxylic acid groups (broad SMARTS) is 1. The smallest absolute Gasteiger partial charge is 0.336 e. The number of hydrogen-bond acceptors (Lipinski definition) is 7. The Balaban J connectivity index is 2.66. The summed E-state index contributed by atoms with van der Waals surface area (Å²) in [6.45, 7) is 0. The van der Waals surface area contributed by atoms with Crippen LogP contribution < -0.4 is 18.9 Å². The summed E-state index contributed by atoms with van der Waals surface area (Å²) in [5.74, 6) is -1.33. The van der Waals surface area contributed by atoms with Gasteiger partial charge in [0.25, 0.3) is 0 Å². The van der Waals surface area contributed by atoms with Gasteiger partial charge in [-0.1, -0.05) is 0 Å². The minimum absolute atomic E-state index is 0.00670. The standard InChI is InChI=1S/C18H20O8/c1-23-12-6-9(7-13(24-2)15(12)19)5-10-11(18(21)22)8-14(25-3)16(20)17(10)26-4/h6-8,19-20H,5H2,1-4H3,(H,21,22). The molecule has 140 valence electrons. The summed E-state index contributed by atoms with van der Waals surface area (Å²) in [4.78, 5) is 11.7. The van der Waals surface area contributed by atoms with Crippen LogP contribution in [0.2, 0.25) is 0 Å². The zero-order valence-electron chi connectivity index (χ0n) is 14.8. The van der Waals surface area contributed by atoms with Gasteiger partial charge in [0, 0.05) is 12.0 Å². The lowest BCUT2D eigenvalue weighted by Crippen LogP contribution is -2.07. The molecule has 26 heavy (non-hydrogen) atoms. The largest absolute Gasteiger partial charge is 0.502 e. The fourth-order valence-corrected chi connectivity index (χ4v) is 2.66. The Bertz CT molecular complexity index is 803. The number of benzene rings is 2. The van der Waals surface area contributed by atoms with Gasteiger partial charge in [0.05, 0.1) is 34.0 Å². The van der Waals surface area contributed by atoms with Gasteiger partial charge in [-0.25, -0.2) is 4.79 Å². The molecule has 0 amide bonds. The van der Waals surface area contributed by atoms with Gasteiger partial charge in [-0.05, 0) is 23.8 Å². The van der Waals surface area contributed by atoms with E-state index in [0.717, 1.165) is 0 Å². The summed E-state index contributed by atoms with van der Waals surface area (Å²) in [6.07, 6.45) is 0.0787. The van der Waals surface area contributed by atoms with Crippen molar-refractivity contribution in [1.29, 1.82) is 0 Å². The molecule has 0 aliphatic carbocycles. The topological polar surface area (TPSA) is 115 Å². The van der Waals surface area contributed by atoms with Crippen molar-refractivity contribution in [2.24, 2.45) is 0 Å². The fraction of sp³-hybridized carbons (Fsp3) is 0.278. The number of phenols is 2. The average molecular weight is 364 g/mol. The molecule has 0 atom stereocenters. The molecule has 3 N–H and O–H groups in total. The van der Waals surface area contributed by atoms with Crippen molar-refractivity contribution >= 4 is 5.97 Å². The monoisotopic (exact) mass is 364 g/mol. The summed E-state index contributed by atoms with van der Waals surface area (Å²) < 4.78 is 20.4. The van der Waals surface area contributed by atoms with Gasteiger partial charge in [-0.15, -0.1) is 0 Å². The Morgan fingerprint density at radius 2 is 1.35 bits per heavy atom. The van der Waals surface area contributed by atoms with Crippen molar-refractivity contribution in [3.05, 3.63) is 34.9 Å². The Labute approximate surface area is 150 Å². The highest BCUT2D eigenvalue weighted by molar-refractivity contribution is 5.92. The molecule has 0 aliphatic heterocycles. The number of aromatic hydroxyl groups is 2. The number of ether oxygens (including phenoxy) is 4. The first-order valence-corrected chi connectivity index (χ1v) is 7.51. The molecule has 0 heterocycles. The second kappa shape index (κ2) is 7.73. The first-order chi connectivity index (χ1) is 12.4. The van der Waals surface area contributed by atoms with E-state index in [9.17, 15) is 20.1 Å². The molecule has 8 nitrogen and oxygen atoms in total. The summed E-state index contributed by atoms with van der Waals surface area (Å²) in [6, 6.07) is 4.32. The van der Waals surface area contributed by atoms with Crippen molar-refractivity contribution in [2.75, 3.05) is 28.4 Å². The molecule has 0 spiro atoms. The Morgan fingerprint density at radius 3 is 1.77 bits per heavy atom. The van der Waals surface area contributed by atoms with Crippen LogP contribution in [0.4, 0.5) is 0 Å². The molecular formula is C18H20O8. The fourth-order valence-electron chi connectivity index (χ4n) is 2.66. The first-order valence-electron chi connectivity index (χ1n) is 7.51. The van der Waals surface area contributed by atoms with Crippen LogP contribution in [0.15, 0.2) is 18.2 Å². The number of phenolic OH excluding ortho intramolecular Hbond substituents is 2. The molecule has 0 fully saturated rings. The maximum Gasteiger partial charge on any atom is 0.336 e. The normalized spacial score (nSPS) is 10.3. The Kier molecular flexibility index (Phi) is 5.66. The van der Waals surface area contributed by atoms with Crippen molar-refractivity contribution in [2.45, 2.75) is 6.42 Å². The summed E-state index contributed by atoms with van der Waals surface area (Å²) in [7, 11) is 5.42. The predicted molar refractivity (Wildman–Crippen MR) is 92.2 cm³/mol. The van der Waals surface area contributed by atoms with E-state index in [2.05, 4.69) is 0 Å². The van der Waals surface area contributed by atoms with Gasteiger partial charge in [0.15, 0.2) is 23.0 Å². The number of carboxylic acids is 1. The SMILES string of the molecule is COc1cc(Cc2c(C(=O)O)cc(OC)c(O)c2OC)cc(OC)c1O. The number of methoxy groups -OCH3 is 4. The quantitative estimate of drug-likeness (QED) is 0.686. The second-order valence-electron chi connectivity index (χ2n) is 5.32. The number of aromatic carboxylic acids is 1. The van der Waals surface area contributed by atoms with E-state index < -0.39 is 5.97 Å². The number of rotatable bonds is 7. The lowest BCUT2D eigenvalue weighted by Gasteiger charge is -2.17. The Hall–Kier alpha value is -3.29. The van der Waals surface area contributed by atoms with Crippen LogP contribution in [0.25, 0.3) is 0 Å². The lowest BCUT2D eigenvalue weighted by atomic mass is 9.97. The maximum absolute atomic E-state index is 11.7. The molecule has 0 saturated carbocycles. The third-order valence-electron chi connectivity index (χ3n) is 3.90. The van der Waals surface area contributed by atoms with E-state index in [1.54, 1.807) is 12.1 Å². The number of hydrogen-bond donors (Lipinski definition) is 3. The third kappa shape index (κ3) is 3.39. The molecular weight excluding hydrogens is 344 g/mol. The van der Waals surface area contributed by atoms with Crippen LogP contribution in [0.5, 0.6) is 34.5 Å². The second-order valence-corrected chi connectivity index (χ2v) is 5.32. The highest BCUT2D eigenvalue weighted by atomic mass is 16.5. The first kappa shape index (κ1) is 19.0. The van der Waals surface area contributed by atoms with Gasteiger partial charge < -0.3 is 34.3 Å². The summed E-state index contributed by atoms with van der Waals surface area (Å²) in [5, 5.41) is 29.8. The third-order valence-corrected chi connectivity index (χ3v) is 3.90. The Morgan fingerprint density at radius 1 is 0.846 bits per heavy atom. The maximum atomic E-state index is 11.7. The summed E-state index contributed by atoms with van der Waals surface area (Å²) in [5.41, 5.74) is 0.748. The minimum atomic E-state index is -1.20. The molecule has 0 aromatic heterocycles. The predicted octanol–water partition coefficient (Wildman–Crippen LogP) is 2.42. The molecule has 2 aromatic rings. The van der Waals surface area contributed by atoms with Crippen LogP contribution in [-0.4, -0.2) is 49.7 Å². The van der Waals surface area contributed by atoms with Crippen molar-refractivity contribution in [3.8, 4) is 34.5 Å². The molecule has 2 aromatic carbocycles. The highest BCUT2D eigenvalue weighted by Gasteiger charge is 2.24. The highest BCUT2D eigenvalue weighted by Crippen LogP contribution is 2.43. The van der Waals surface area contributed by atoms with Crippen molar-refractivity contribution < 1.29 is 39.1 Å². The van der Waals surface area contributed by atoms with Crippen LogP contribution in [0.1, 0.15) is 21.5 Å². The van der Waals surface area contributed by atoms with E-state index in [4.69, 9.17) is 18.9 Å². The lowest BCUT2D eigenvalue weighted by molar-refractivity contribution is 0.0695. The zero-order valence-corrected chi connectivity index (χ0v) is 14.8. The van der Waals surface area contributed by atoms with Gasteiger partial charge in [-0.3, -0.25) is 0 Å². The molecule has 0 radical (unpaired) electrons. The van der Waals surface area contributed by atoms with E-state index in [1.807, 2.05) is 0 Å². The molecule has 0 aliphatic rings. The van der Waals surface area contributed by atoms with Crippen LogP contribution >= 0.6 is 0 Å². The van der Waals surface area contributed by atoms with Crippen molar-refractivity contribution in [1.82, 2.24) is 0 Å². The average Bonchev–Trinajstić information content (AvgIpc) is 2.63. The van der Waals surface area contributed by atoms with E-state index in [-0.39, 0.29) is 52.0 Å². The van der Waals surface area contributed by atoms with Crippen LogP contribution in [-0.2, 0) is 6.42 Å². The minimum Gasteiger partial charge on any atom is -0.502 e. The van der Waals surface area contributed by atoms with E-state index >= 15 is 0 Å². The van der Waals surface area contributed by atoms with Crippen LogP contribution in [0.3, 0.4) is 0 Å². The van der Waals surface area contributed by atoms with E-state index in [0.29, 0.717) is 5.56 Å². The van der Waals surface area contributed by atoms with Crippen LogP contribution in [0, 0.1) is 0 Å². The van der Waals surface area contributed by atoms with Gasteiger partial charge >= 0.3 is 5.97 Å². The molecule has 8 heteroatoms. The van der Waals surface area contributed by atoms with Gasteiger partial charge in [0.1, 0.15) is 0 Å². The van der Waals surface area contributed by atoms with E-state index in [1.165, 1.54) is 34.5 Å².